The van der Waals surface area contributed by atoms with Crippen molar-refractivity contribution in [3.05, 3.63) is 29.3 Å². The Morgan fingerprint density at radius 1 is 1.33 bits per heavy atom. The number of nitrogens with zero attached hydrogens (tertiary/aromatic N) is 1. The second-order valence-electron chi connectivity index (χ2n) is 5.72. The van der Waals surface area contributed by atoms with Gasteiger partial charge in [0.25, 0.3) is 0 Å². The zero-order valence-electron chi connectivity index (χ0n) is 11.8. The van der Waals surface area contributed by atoms with Gasteiger partial charge in [-0.05, 0) is 37.5 Å². The topological polar surface area (TPSA) is 44.4 Å². The van der Waals surface area contributed by atoms with E-state index in [0.29, 0.717) is 23.7 Å². The predicted octanol–water partition coefficient (Wildman–Crippen LogP) is 2.53. The van der Waals surface area contributed by atoms with Crippen LogP contribution < -0.4 is 10.6 Å². The number of amides is 1. The van der Waals surface area contributed by atoms with Crippen molar-refractivity contribution in [1.82, 2.24) is 10.2 Å². The van der Waals surface area contributed by atoms with Gasteiger partial charge >= 0.3 is 0 Å². The minimum atomic E-state index is 0. The van der Waals surface area contributed by atoms with Crippen LogP contribution in [-0.4, -0.2) is 42.5 Å². The minimum Gasteiger partial charge on any atom is -0.325 e. The third-order valence-electron chi connectivity index (χ3n) is 4.08. The number of carbonyl (C=O) groups excluding carboxylic acids is 1. The number of rotatable bonds is 3. The first-order valence-electron chi connectivity index (χ1n) is 7.23. The summed E-state index contributed by atoms with van der Waals surface area (Å²) in [6.45, 7) is 2.42. The first-order chi connectivity index (χ1) is 9.69. The lowest BCUT2D eigenvalue weighted by Crippen LogP contribution is -2.39. The summed E-state index contributed by atoms with van der Waals surface area (Å²) >= 11 is 5.91. The second-order valence-corrected chi connectivity index (χ2v) is 6.16. The van der Waals surface area contributed by atoms with Crippen molar-refractivity contribution in [2.75, 3.05) is 25.0 Å². The van der Waals surface area contributed by atoms with Crippen molar-refractivity contribution in [3.8, 4) is 0 Å². The summed E-state index contributed by atoms with van der Waals surface area (Å²) in [6, 6.07) is 8.48. The molecule has 2 unspecified atom stereocenters. The van der Waals surface area contributed by atoms with E-state index in [1.165, 1.54) is 12.8 Å². The Kier molecular flexibility index (Phi) is 5.88. The van der Waals surface area contributed by atoms with Gasteiger partial charge in [0, 0.05) is 35.9 Å². The molecule has 2 heterocycles. The fourth-order valence-electron chi connectivity index (χ4n) is 3.13. The molecule has 0 spiro atoms. The van der Waals surface area contributed by atoms with Crippen molar-refractivity contribution in [2.24, 2.45) is 0 Å². The average Bonchev–Trinajstić information content (AvgIpc) is 2.73. The molecule has 1 amide bonds. The number of halogens is 2. The molecule has 0 aliphatic carbocycles. The van der Waals surface area contributed by atoms with E-state index >= 15 is 0 Å². The monoisotopic (exact) mass is 329 g/mol. The van der Waals surface area contributed by atoms with Crippen molar-refractivity contribution in [2.45, 2.75) is 31.3 Å². The SMILES string of the molecule is Cl.O=C(CN1CCC2CCC(C1)N2)Nc1cccc(Cl)c1. The Hall–Kier alpha value is -0.810. The molecule has 0 radical (unpaired) electrons. The lowest BCUT2D eigenvalue weighted by molar-refractivity contribution is -0.117. The van der Waals surface area contributed by atoms with Gasteiger partial charge in [-0.2, -0.15) is 0 Å². The summed E-state index contributed by atoms with van der Waals surface area (Å²) < 4.78 is 0. The summed E-state index contributed by atoms with van der Waals surface area (Å²) in [6.07, 6.45) is 3.66. The van der Waals surface area contributed by atoms with Gasteiger partial charge in [0.2, 0.25) is 5.91 Å². The van der Waals surface area contributed by atoms with Crippen LogP contribution in [0.4, 0.5) is 5.69 Å². The summed E-state index contributed by atoms with van der Waals surface area (Å²) in [5.74, 6) is 0.0324. The van der Waals surface area contributed by atoms with Crippen LogP contribution in [-0.2, 0) is 4.79 Å². The molecule has 4 nitrogen and oxygen atoms in total. The molecule has 21 heavy (non-hydrogen) atoms. The van der Waals surface area contributed by atoms with E-state index in [2.05, 4.69) is 15.5 Å². The molecular weight excluding hydrogens is 309 g/mol. The summed E-state index contributed by atoms with van der Waals surface area (Å²) in [4.78, 5) is 14.3. The molecule has 2 N–H and O–H groups in total. The van der Waals surface area contributed by atoms with Crippen LogP contribution in [0.3, 0.4) is 0 Å². The molecule has 1 aromatic carbocycles. The van der Waals surface area contributed by atoms with Gasteiger partial charge in [-0.3, -0.25) is 9.69 Å². The highest BCUT2D eigenvalue weighted by atomic mass is 35.5. The number of hydrogen-bond acceptors (Lipinski definition) is 3. The van der Waals surface area contributed by atoms with E-state index in [4.69, 9.17) is 11.6 Å². The average molecular weight is 330 g/mol. The molecule has 2 aliphatic heterocycles. The smallest absolute Gasteiger partial charge is 0.238 e. The third-order valence-corrected chi connectivity index (χ3v) is 4.32. The van der Waals surface area contributed by atoms with Crippen LogP contribution in [0.25, 0.3) is 0 Å². The van der Waals surface area contributed by atoms with Crippen LogP contribution in [0.15, 0.2) is 24.3 Å². The highest BCUT2D eigenvalue weighted by molar-refractivity contribution is 6.30. The molecule has 2 aliphatic rings. The molecule has 0 saturated carbocycles. The van der Waals surface area contributed by atoms with E-state index in [0.717, 1.165) is 25.2 Å². The Balaban J connectivity index is 0.00000161. The molecule has 3 rings (SSSR count). The van der Waals surface area contributed by atoms with Crippen LogP contribution in [0.1, 0.15) is 19.3 Å². The number of likely N-dealkylation sites (tertiary alicyclic amines) is 1. The Bertz CT molecular complexity index is 498. The lowest BCUT2D eigenvalue weighted by Gasteiger charge is -2.23. The van der Waals surface area contributed by atoms with Gasteiger partial charge in [0.05, 0.1) is 6.54 Å². The number of anilines is 1. The number of carbonyl (C=O) groups is 1. The van der Waals surface area contributed by atoms with Crippen molar-refractivity contribution in [1.29, 1.82) is 0 Å². The summed E-state index contributed by atoms with van der Waals surface area (Å²) in [5, 5.41) is 7.17. The van der Waals surface area contributed by atoms with Crippen molar-refractivity contribution < 1.29 is 4.79 Å². The van der Waals surface area contributed by atoms with E-state index in [1.807, 2.05) is 12.1 Å². The zero-order chi connectivity index (χ0) is 13.9. The minimum absolute atomic E-state index is 0. The maximum absolute atomic E-state index is 12.1. The predicted molar refractivity (Wildman–Crippen MR) is 88.3 cm³/mol. The molecular formula is C15H21Cl2N3O. The molecule has 1 aromatic rings. The molecule has 2 fully saturated rings. The number of fused-ring (bicyclic) bond motifs is 2. The molecule has 2 saturated heterocycles. The normalized spacial score (nSPS) is 25.0. The van der Waals surface area contributed by atoms with Crippen LogP contribution in [0.2, 0.25) is 5.02 Å². The van der Waals surface area contributed by atoms with E-state index in [1.54, 1.807) is 12.1 Å². The number of hydrogen-bond donors (Lipinski definition) is 2. The van der Waals surface area contributed by atoms with E-state index < -0.39 is 0 Å². The largest absolute Gasteiger partial charge is 0.325 e. The van der Waals surface area contributed by atoms with E-state index in [-0.39, 0.29) is 18.3 Å². The quantitative estimate of drug-likeness (QED) is 0.895. The molecule has 116 valence electrons. The number of benzene rings is 1. The first-order valence-corrected chi connectivity index (χ1v) is 7.61. The van der Waals surface area contributed by atoms with Gasteiger partial charge in [0.15, 0.2) is 0 Å². The highest BCUT2D eigenvalue weighted by Gasteiger charge is 2.29. The second kappa shape index (κ2) is 7.45. The van der Waals surface area contributed by atoms with Gasteiger partial charge in [-0.1, -0.05) is 17.7 Å². The standard InChI is InChI=1S/C15H20ClN3O.ClH/c16-11-2-1-3-13(8-11)18-15(20)10-19-7-6-12-4-5-14(9-19)17-12;/h1-3,8,12,14,17H,4-7,9-10H2,(H,18,20);1H. The van der Waals surface area contributed by atoms with Gasteiger partial charge in [0.1, 0.15) is 0 Å². The maximum atomic E-state index is 12.1. The van der Waals surface area contributed by atoms with Crippen LogP contribution in [0, 0.1) is 0 Å². The number of nitrogens with one attached hydrogen (secondary N) is 2. The highest BCUT2D eigenvalue weighted by Crippen LogP contribution is 2.20. The lowest BCUT2D eigenvalue weighted by atomic mass is 10.1. The Labute approximate surface area is 136 Å². The summed E-state index contributed by atoms with van der Waals surface area (Å²) in [7, 11) is 0. The van der Waals surface area contributed by atoms with Crippen molar-refractivity contribution >= 4 is 35.6 Å². The Morgan fingerprint density at radius 2 is 2.14 bits per heavy atom. The van der Waals surface area contributed by atoms with E-state index in [9.17, 15) is 4.79 Å². The summed E-state index contributed by atoms with van der Waals surface area (Å²) in [5.41, 5.74) is 0.761. The third kappa shape index (κ3) is 4.58. The van der Waals surface area contributed by atoms with Crippen LogP contribution in [0.5, 0.6) is 0 Å². The first kappa shape index (κ1) is 16.6. The Morgan fingerprint density at radius 3 is 2.95 bits per heavy atom. The van der Waals surface area contributed by atoms with Gasteiger partial charge < -0.3 is 10.6 Å². The van der Waals surface area contributed by atoms with Crippen molar-refractivity contribution in [3.63, 3.8) is 0 Å². The van der Waals surface area contributed by atoms with Crippen LogP contribution >= 0.6 is 24.0 Å². The zero-order valence-corrected chi connectivity index (χ0v) is 13.4. The molecule has 2 bridgehead atoms. The van der Waals surface area contributed by atoms with Gasteiger partial charge in [-0.25, -0.2) is 0 Å². The fraction of sp³-hybridized carbons (Fsp3) is 0.533. The molecule has 2 atom stereocenters. The molecule has 6 heteroatoms. The maximum Gasteiger partial charge on any atom is 0.238 e. The van der Waals surface area contributed by atoms with Gasteiger partial charge in [-0.15, -0.1) is 12.4 Å². The molecule has 0 aromatic heterocycles. The fourth-order valence-corrected chi connectivity index (χ4v) is 3.32.